The van der Waals surface area contributed by atoms with Gasteiger partial charge in [0.25, 0.3) is 0 Å². The average molecular weight is 470 g/mol. The van der Waals surface area contributed by atoms with Gasteiger partial charge in [-0.25, -0.2) is 0 Å². The van der Waals surface area contributed by atoms with Crippen LogP contribution in [0.1, 0.15) is 11.3 Å². The van der Waals surface area contributed by atoms with Gasteiger partial charge in [0.15, 0.2) is 10.9 Å². The summed E-state index contributed by atoms with van der Waals surface area (Å²) < 4.78 is 5.31. The lowest BCUT2D eigenvalue weighted by Crippen LogP contribution is -2.50. The van der Waals surface area contributed by atoms with E-state index in [4.69, 9.17) is 17.0 Å². The maximum atomic E-state index is 5.67. The zero-order valence-electron chi connectivity index (χ0n) is 19.1. The molecule has 1 aromatic heterocycles. The van der Waals surface area contributed by atoms with E-state index in [1.54, 1.807) is 7.11 Å². The maximum absolute atomic E-state index is 5.67. The van der Waals surface area contributed by atoms with Crippen LogP contribution in [0.15, 0.2) is 78.9 Å². The van der Waals surface area contributed by atoms with Crippen LogP contribution in [0.5, 0.6) is 5.75 Å². The van der Waals surface area contributed by atoms with Crippen LogP contribution in [0.4, 0.5) is 11.5 Å². The van der Waals surface area contributed by atoms with Crippen molar-refractivity contribution in [2.45, 2.75) is 6.42 Å². The van der Waals surface area contributed by atoms with Crippen LogP contribution in [-0.4, -0.2) is 53.5 Å². The summed E-state index contributed by atoms with van der Waals surface area (Å²) in [6.45, 7) is 3.29. The van der Waals surface area contributed by atoms with E-state index in [0.717, 1.165) is 71.4 Å². The Labute approximate surface area is 205 Å². The van der Waals surface area contributed by atoms with Gasteiger partial charge < -0.3 is 19.9 Å². The number of benzene rings is 3. The molecule has 3 aromatic carbocycles. The summed E-state index contributed by atoms with van der Waals surface area (Å²) in [5.41, 5.74) is 3.17. The smallest absolute Gasteiger partial charge is 0.173 e. The van der Waals surface area contributed by atoms with E-state index in [1.165, 1.54) is 5.56 Å². The molecule has 0 amide bonds. The third-order valence-electron chi connectivity index (χ3n) is 6.15. The quantitative estimate of drug-likeness (QED) is 0.424. The predicted molar refractivity (Wildman–Crippen MR) is 142 cm³/mol. The van der Waals surface area contributed by atoms with Crippen LogP contribution in [0.25, 0.3) is 10.8 Å². The topological polar surface area (TPSA) is 53.5 Å². The van der Waals surface area contributed by atoms with Gasteiger partial charge in [0.2, 0.25) is 0 Å². The highest BCUT2D eigenvalue weighted by atomic mass is 32.1. The van der Waals surface area contributed by atoms with Gasteiger partial charge in [-0.3, -0.25) is 0 Å². The van der Waals surface area contributed by atoms with Crippen molar-refractivity contribution in [3.8, 4) is 5.75 Å². The second-order valence-electron chi connectivity index (χ2n) is 8.31. The monoisotopic (exact) mass is 469 g/mol. The lowest BCUT2D eigenvalue weighted by atomic mass is 10.0. The lowest BCUT2D eigenvalue weighted by Gasteiger charge is -2.37. The van der Waals surface area contributed by atoms with E-state index >= 15 is 0 Å². The maximum Gasteiger partial charge on any atom is 0.173 e. The van der Waals surface area contributed by atoms with Gasteiger partial charge in [-0.1, -0.05) is 60.7 Å². The van der Waals surface area contributed by atoms with E-state index in [9.17, 15) is 0 Å². The number of fused-ring (bicyclic) bond motifs is 1. The Morgan fingerprint density at radius 1 is 0.882 bits per heavy atom. The number of aromatic nitrogens is 2. The van der Waals surface area contributed by atoms with Gasteiger partial charge in [0.1, 0.15) is 5.75 Å². The molecular formula is C27H27N5OS. The van der Waals surface area contributed by atoms with Crippen molar-refractivity contribution in [1.29, 1.82) is 0 Å². The number of nitrogens with one attached hydrogen (secondary N) is 1. The number of nitrogens with zero attached hydrogens (tertiary/aromatic N) is 4. The number of thiocarbonyl (C=S) groups is 1. The molecule has 5 rings (SSSR count). The number of anilines is 2. The molecule has 172 valence electrons. The number of piperazine rings is 1. The molecule has 1 fully saturated rings. The van der Waals surface area contributed by atoms with Crippen LogP contribution in [0.2, 0.25) is 0 Å². The summed E-state index contributed by atoms with van der Waals surface area (Å²) in [4.78, 5) is 4.51. The largest absolute Gasteiger partial charge is 0.497 e. The fraction of sp³-hybridized carbons (Fsp3) is 0.222. The van der Waals surface area contributed by atoms with Gasteiger partial charge >= 0.3 is 0 Å². The Balaban J connectivity index is 1.29. The Kier molecular flexibility index (Phi) is 6.53. The first kappa shape index (κ1) is 22.1. The molecule has 6 nitrogen and oxygen atoms in total. The summed E-state index contributed by atoms with van der Waals surface area (Å²) >= 11 is 5.67. The molecule has 4 aromatic rings. The van der Waals surface area contributed by atoms with Crippen LogP contribution in [-0.2, 0) is 6.42 Å². The zero-order chi connectivity index (χ0) is 23.3. The normalized spacial score (nSPS) is 13.7. The van der Waals surface area contributed by atoms with Crippen LogP contribution in [0.3, 0.4) is 0 Å². The standard InChI is InChI=1S/C27H27N5OS/c1-33-22-11-7-10-21(19-22)28-27(34)32-16-14-31(15-17-32)26-24-13-6-5-12-23(24)25(29-30-26)18-20-8-3-2-4-9-20/h2-13,19H,14-18H2,1H3,(H,28,34). The minimum Gasteiger partial charge on any atom is -0.497 e. The highest BCUT2D eigenvalue weighted by Crippen LogP contribution is 2.28. The highest BCUT2D eigenvalue weighted by molar-refractivity contribution is 7.80. The fourth-order valence-electron chi connectivity index (χ4n) is 4.32. The van der Waals surface area contributed by atoms with Gasteiger partial charge in [0, 0.05) is 55.1 Å². The predicted octanol–water partition coefficient (Wildman–Crippen LogP) is 4.75. The van der Waals surface area contributed by atoms with Crippen molar-refractivity contribution in [3.05, 3.63) is 90.1 Å². The minimum absolute atomic E-state index is 0.724. The molecule has 0 saturated carbocycles. The third-order valence-corrected chi connectivity index (χ3v) is 6.51. The molecule has 0 spiro atoms. The summed E-state index contributed by atoms with van der Waals surface area (Å²) in [5.74, 6) is 1.75. The van der Waals surface area contributed by atoms with Crippen molar-refractivity contribution in [2.24, 2.45) is 0 Å². The molecule has 7 heteroatoms. The molecular weight excluding hydrogens is 442 g/mol. The fourth-order valence-corrected chi connectivity index (χ4v) is 4.62. The SMILES string of the molecule is COc1cccc(NC(=S)N2CCN(c3nnc(Cc4ccccc4)c4ccccc34)CC2)c1. The Bertz CT molecular complexity index is 1290. The zero-order valence-corrected chi connectivity index (χ0v) is 20.0. The molecule has 2 heterocycles. The van der Waals surface area contributed by atoms with Crippen molar-refractivity contribution in [3.63, 3.8) is 0 Å². The first-order chi connectivity index (χ1) is 16.7. The molecule has 0 atom stereocenters. The minimum atomic E-state index is 0.724. The van der Waals surface area contributed by atoms with Gasteiger partial charge in [-0.15, -0.1) is 5.10 Å². The van der Waals surface area contributed by atoms with Gasteiger partial charge in [0.05, 0.1) is 12.8 Å². The molecule has 1 aliphatic heterocycles. The van der Waals surface area contributed by atoms with E-state index in [1.807, 2.05) is 30.3 Å². The first-order valence-corrected chi connectivity index (χ1v) is 11.9. The van der Waals surface area contributed by atoms with Crippen molar-refractivity contribution in [2.75, 3.05) is 43.5 Å². The van der Waals surface area contributed by atoms with E-state index in [-0.39, 0.29) is 0 Å². The Morgan fingerprint density at radius 2 is 1.62 bits per heavy atom. The Hall–Kier alpha value is -3.71. The number of hydrogen-bond donors (Lipinski definition) is 1. The molecule has 0 aliphatic carbocycles. The molecule has 0 bridgehead atoms. The van der Waals surface area contributed by atoms with Crippen LogP contribution in [0, 0.1) is 0 Å². The second kappa shape index (κ2) is 10.1. The summed E-state index contributed by atoms with van der Waals surface area (Å²) in [5, 5.41) is 15.7. The number of ether oxygens (including phenoxy) is 1. The van der Waals surface area contributed by atoms with E-state index in [2.05, 4.69) is 73.8 Å². The molecule has 0 unspecified atom stereocenters. The lowest BCUT2D eigenvalue weighted by molar-refractivity contribution is 0.389. The summed E-state index contributed by atoms with van der Waals surface area (Å²) in [6, 6.07) is 26.7. The number of rotatable bonds is 5. The number of hydrogen-bond acceptors (Lipinski definition) is 5. The molecule has 34 heavy (non-hydrogen) atoms. The van der Waals surface area contributed by atoms with Gasteiger partial charge in [-0.2, -0.15) is 5.10 Å². The molecule has 1 aliphatic rings. The summed E-state index contributed by atoms with van der Waals surface area (Å²) in [6.07, 6.45) is 0.770. The van der Waals surface area contributed by atoms with Gasteiger partial charge in [-0.05, 0) is 29.9 Å². The highest BCUT2D eigenvalue weighted by Gasteiger charge is 2.22. The number of methoxy groups -OCH3 is 1. The van der Waals surface area contributed by atoms with Crippen molar-refractivity contribution in [1.82, 2.24) is 15.1 Å². The van der Waals surface area contributed by atoms with E-state index < -0.39 is 0 Å². The second-order valence-corrected chi connectivity index (χ2v) is 8.70. The van der Waals surface area contributed by atoms with Crippen LogP contribution >= 0.6 is 12.2 Å². The Morgan fingerprint density at radius 3 is 2.38 bits per heavy atom. The summed E-state index contributed by atoms with van der Waals surface area (Å²) in [7, 11) is 1.66. The van der Waals surface area contributed by atoms with Crippen molar-refractivity contribution < 1.29 is 4.74 Å². The molecule has 0 radical (unpaired) electrons. The first-order valence-electron chi connectivity index (χ1n) is 11.4. The third kappa shape index (κ3) is 4.79. The van der Waals surface area contributed by atoms with E-state index in [0.29, 0.717) is 0 Å². The average Bonchev–Trinajstić information content (AvgIpc) is 2.90. The van der Waals surface area contributed by atoms with Crippen molar-refractivity contribution >= 4 is 39.6 Å². The molecule has 1 saturated heterocycles. The molecule has 1 N–H and O–H groups in total. The van der Waals surface area contributed by atoms with Crippen LogP contribution < -0.4 is 15.0 Å².